The fourth-order valence-corrected chi connectivity index (χ4v) is 3.55. The molecule has 0 aliphatic carbocycles. The molecular weight excluding hydrogens is 426 g/mol. The van der Waals surface area contributed by atoms with Crippen molar-refractivity contribution in [1.82, 2.24) is 10.9 Å². The van der Waals surface area contributed by atoms with Gasteiger partial charge in [-0.05, 0) is 36.4 Å². The second kappa shape index (κ2) is 10.9. The molecule has 2 rings (SSSR count). The summed E-state index contributed by atoms with van der Waals surface area (Å²) in [7, 11) is -3.76. The highest BCUT2D eigenvalue weighted by Gasteiger charge is 2.18. The van der Waals surface area contributed by atoms with E-state index in [1.807, 2.05) is 0 Å². The number of carbonyl (C=O) groups excluding carboxylic acids is 4. The van der Waals surface area contributed by atoms with Gasteiger partial charge in [0.05, 0.1) is 17.1 Å². The Morgan fingerprint density at radius 1 is 0.903 bits per heavy atom. The summed E-state index contributed by atoms with van der Waals surface area (Å²) in [6, 6.07) is 13.6. The molecule has 0 atom stereocenters. The summed E-state index contributed by atoms with van der Waals surface area (Å²) in [4.78, 5) is 46.2. The number of sulfone groups is 1. The normalized spacial score (nSPS) is 10.6. The predicted octanol–water partition coefficient (Wildman–Crippen LogP) is 0.813. The lowest BCUT2D eigenvalue weighted by Crippen LogP contribution is -2.43. The first-order valence-corrected chi connectivity index (χ1v) is 10.7. The van der Waals surface area contributed by atoms with E-state index >= 15 is 0 Å². The van der Waals surface area contributed by atoms with E-state index in [9.17, 15) is 27.6 Å². The van der Waals surface area contributed by atoms with Crippen LogP contribution in [0.25, 0.3) is 0 Å². The highest BCUT2D eigenvalue weighted by molar-refractivity contribution is 7.91. The maximum absolute atomic E-state index is 12.3. The number of benzene rings is 2. The molecule has 0 aliphatic heterocycles. The van der Waals surface area contributed by atoms with Crippen LogP contribution in [0.2, 0.25) is 0 Å². The lowest BCUT2D eigenvalue weighted by Gasteiger charge is -2.09. The molecule has 0 bridgehead atoms. The molecule has 0 aromatic heterocycles. The Hall–Kier alpha value is -3.73. The Morgan fingerprint density at radius 2 is 1.55 bits per heavy atom. The molecule has 3 N–H and O–H groups in total. The van der Waals surface area contributed by atoms with Gasteiger partial charge in [0, 0.05) is 18.2 Å². The molecule has 0 unspecified atom stereocenters. The highest BCUT2D eigenvalue weighted by atomic mass is 32.2. The van der Waals surface area contributed by atoms with E-state index in [4.69, 9.17) is 4.74 Å². The van der Waals surface area contributed by atoms with Crippen LogP contribution in [0.1, 0.15) is 23.7 Å². The maximum atomic E-state index is 12.3. The summed E-state index contributed by atoms with van der Waals surface area (Å²) in [6.45, 7) is 0.646. The molecule has 3 amide bonds. The van der Waals surface area contributed by atoms with E-state index < -0.39 is 46.4 Å². The number of hydrogen-bond acceptors (Lipinski definition) is 7. The summed E-state index contributed by atoms with van der Waals surface area (Å²) in [6.07, 6.45) is -0.459. The Bertz CT molecular complexity index is 1050. The Labute approximate surface area is 178 Å². The molecule has 2 aromatic rings. The van der Waals surface area contributed by atoms with Gasteiger partial charge in [-0.3, -0.25) is 30.0 Å². The van der Waals surface area contributed by atoms with Crippen molar-refractivity contribution in [2.45, 2.75) is 18.2 Å². The van der Waals surface area contributed by atoms with Gasteiger partial charge < -0.3 is 10.1 Å². The van der Waals surface area contributed by atoms with Crippen LogP contribution in [-0.4, -0.2) is 44.5 Å². The number of nitrogens with one attached hydrogen (secondary N) is 3. The van der Waals surface area contributed by atoms with Crippen molar-refractivity contribution in [3.8, 4) is 0 Å². The third-order valence-corrected chi connectivity index (χ3v) is 5.56. The van der Waals surface area contributed by atoms with Gasteiger partial charge in [0.15, 0.2) is 16.4 Å². The Morgan fingerprint density at radius 3 is 2.16 bits per heavy atom. The number of carbonyl (C=O) groups is 4. The first-order valence-electron chi connectivity index (χ1n) is 9.07. The lowest BCUT2D eigenvalue weighted by molar-refractivity contribution is -0.148. The van der Waals surface area contributed by atoms with Crippen molar-refractivity contribution in [2.75, 3.05) is 17.7 Å². The Balaban J connectivity index is 1.74. The van der Waals surface area contributed by atoms with E-state index in [0.717, 1.165) is 0 Å². The van der Waals surface area contributed by atoms with Gasteiger partial charge in [0.1, 0.15) is 0 Å². The van der Waals surface area contributed by atoms with Crippen LogP contribution in [0.3, 0.4) is 0 Å². The standard InChI is InChI=1S/C20H21N3O7S/c1-14(24)21-16-7-9-17(10-8-16)31(28,29)12-11-19(26)30-13-18(25)22-23-20(27)15-5-3-2-4-6-15/h2-10H,11-13H2,1H3,(H,21,24)(H,22,25)(H,23,27). The minimum atomic E-state index is -3.76. The van der Waals surface area contributed by atoms with Gasteiger partial charge in [-0.25, -0.2) is 8.42 Å². The molecule has 0 saturated heterocycles. The second-order valence-corrected chi connectivity index (χ2v) is 8.41. The average Bonchev–Trinajstić information content (AvgIpc) is 2.75. The van der Waals surface area contributed by atoms with Crippen molar-refractivity contribution < 1.29 is 32.3 Å². The quantitative estimate of drug-likeness (QED) is 0.401. The minimum Gasteiger partial charge on any atom is -0.455 e. The zero-order valence-electron chi connectivity index (χ0n) is 16.6. The smallest absolute Gasteiger partial charge is 0.307 e. The molecule has 0 spiro atoms. The zero-order chi connectivity index (χ0) is 22.9. The van der Waals surface area contributed by atoms with Gasteiger partial charge in [-0.2, -0.15) is 0 Å². The first kappa shape index (κ1) is 23.5. The fourth-order valence-electron chi connectivity index (χ4n) is 2.33. The van der Waals surface area contributed by atoms with E-state index in [1.54, 1.807) is 30.3 Å². The van der Waals surface area contributed by atoms with Crippen LogP contribution < -0.4 is 16.2 Å². The average molecular weight is 447 g/mol. The molecule has 0 radical (unpaired) electrons. The monoisotopic (exact) mass is 447 g/mol. The van der Waals surface area contributed by atoms with Crippen molar-refractivity contribution >= 4 is 39.2 Å². The second-order valence-electron chi connectivity index (χ2n) is 6.30. The molecule has 0 fully saturated rings. The van der Waals surface area contributed by atoms with Crippen LogP contribution >= 0.6 is 0 Å². The molecule has 164 valence electrons. The van der Waals surface area contributed by atoms with Crippen LogP contribution in [0, 0.1) is 0 Å². The topological polar surface area (TPSA) is 148 Å². The molecule has 0 aliphatic rings. The summed E-state index contributed by atoms with van der Waals surface area (Å²) < 4.78 is 29.3. The third kappa shape index (κ3) is 7.90. The number of amides is 3. The van der Waals surface area contributed by atoms with E-state index in [2.05, 4.69) is 16.2 Å². The van der Waals surface area contributed by atoms with Crippen LogP contribution in [0.4, 0.5) is 5.69 Å². The van der Waals surface area contributed by atoms with Crippen LogP contribution in [0.15, 0.2) is 59.5 Å². The van der Waals surface area contributed by atoms with Gasteiger partial charge in [-0.1, -0.05) is 18.2 Å². The summed E-state index contributed by atoms with van der Waals surface area (Å²) in [5.41, 5.74) is 5.02. The summed E-state index contributed by atoms with van der Waals surface area (Å²) in [5, 5.41) is 2.52. The third-order valence-electron chi connectivity index (χ3n) is 3.82. The SMILES string of the molecule is CC(=O)Nc1ccc(S(=O)(=O)CCC(=O)OCC(=O)NNC(=O)c2ccccc2)cc1. The number of esters is 1. The highest BCUT2D eigenvalue weighted by Crippen LogP contribution is 2.16. The van der Waals surface area contributed by atoms with Gasteiger partial charge >= 0.3 is 5.97 Å². The molecule has 2 aromatic carbocycles. The fraction of sp³-hybridized carbons (Fsp3) is 0.200. The molecule has 11 heteroatoms. The van der Waals surface area contributed by atoms with E-state index in [0.29, 0.717) is 11.3 Å². The number of hydrazine groups is 1. The number of ether oxygens (including phenoxy) is 1. The van der Waals surface area contributed by atoms with Crippen molar-refractivity contribution in [3.63, 3.8) is 0 Å². The Kier molecular flexibility index (Phi) is 8.26. The molecule has 0 saturated carbocycles. The number of rotatable bonds is 8. The molecule has 0 heterocycles. The van der Waals surface area contributed by atoms with Crippen molar-refractivity contribution in [1.29, 1.82) is 0 Å². The first-order chi connectivity index (χ1) is 14.7. The van der Waals surface area contributed by atoms with Crippen LogP contribution in [-0.2, 0) is 29.0 Å². The molecule has 31 heavy (non-hydrogen) atoms. The van der Waals surface area contributed by atoms with Gasteiger partial charge in [0.25, 0.3) is 11.8 Å². The summed E-state index contributed by atoms with van der Waals surface area (Å²) >= 11 is 0. The largest absolute Gasteiger partial charge is 0.455 e. The summed E-state index contributed by atoms with van der Waals surface area (Å²) in [5.74, 6) is -3.02. The minimum absolute atomic E-state index is 0.0178. The van der Waals surface area contributed by atoms with E-state index in [-0.39, 0.29) is 10.8 Å². The predicted molar refractivity (Wildman–Crippen MR) is 110 cm³/mol. The van der Waals surface area contributed by atoms with Gasteiger partial charge in [0.2, 0.25) is 5.91 Å². The maximum Gasteiger partial charge on any atom is 0.307 e. The number of anilines is 1. The van der Waals surface area contributed by atoms with E-state index in [1.165, 1.54) is 31.2 Å². The molecular formula is C20H21N3O7S. The van der Waals surface area contributed by atoms with Crippen molar-refractivity contribution in [2.24, 2.45) is 0 Å². The number of hydrogen-bond donors (Lipinski definition) is 3. The van der Waals surface area contributed by atoms with Gasteiger partial charge in [-0.15, -0.1) is 0 Å². The molecule has 10 nitrogen and oxygen atoms in total. The zero-order valence-corrected chi connectivity index (χ0v) is 17.4. The lowest BCUT2D eigenvalue weighted by atomic mass is 10.2. The van der Waals surface area contributed by atoms with Crippen LogP contribution in [0.5, 0.6) is 0 Å². The van der Waals surface area contributed by atoms with Crippen molar-refractivity contribution in [3.05, 3.63) is 60.2 Å².